The first-order valence-corrected chi connectivity index (χ1v) is 9.24. The van der Waals surface area contributed by atoms with Gasteiger partial charge >= 0.3 is 5.97 Å². The minimum atomic E-state index is -0.268. The van der Waals surface area contributed by atoms with Crippen LogP contribution in [-0.4, -0.2) is 17.6 Å². The van der Waals surface area contributed by atoms with Gasteiger partial charge in [-0.1, -0.05) is 61.7 Å². The Bertz CT molecular complexity index is 916. The number of carbonyl (C=O) groups is 1. The van der Waals surface area contributed by atoms with Crippen molar-refractivity contribution in [2.45, 2.75) is 40.0 Å². The number of benzene rings is 2. The van der Waals surface area contributed by atoms with Gasteiger partial charge in [-0.05, 0) is 38.0 Å². The van der Waals surface area contributed by atoms with Gasteiger partial charge in [0.2, 0.25) is 0 Å². The van der Waals surface area contributed by atoms with Crippen LogP contribution in [0.3, 0.4) is 0 Å². The molecule has 0 atom stereocenters. The summed E-state index contributed by atoms with van der Waals surface area (Å²) < 4.78 is 5.54. The lowest BCUT2D eigenvalue weighted by atomic mass is 10.00. The summed E-state index contributed by atoms with van der Waals surface area (Å²) in [5.74, 6) is -0.268. The zero-order chi connectivity index (χ0) is 18.5. The normalized spacial score (nSPS) is 10.9. The number of nitrogens with zero attached hydrogens (tertiary/aromatic N) is 1. The maximum atomic E-state index is 12.8. The van der Waals surface area contributed by atoms with Gasteiger partial charge in [0.1, 0.15) is 0 Å². The van der Waals surface area contributed by atoms with Gasteiger partial charge in [0.25, 0.3) is 0 Å². The molecule has 0 aliphatic heterocycles. The van der Waals surface area contributed by atoms with Gasteiger partial charge in [-0.15, -0.1) is 0 Å². The summed E-state index contributed by atoms with van der Waals surface area (Å²) in [5, 5.41) is 0.864. The molecule has 0 radical (unpaired) electrons. The summed E-state index contributed by atoms with van der Waals surface area (Å²) in [6.07, 6.45) is 3.07. The molecule has 0 aliphatic rings. The maximum absolute atomic E-state index is 12.8. The van der Waals surface area contributed by atoms with Crippen molar-refractivity contribution in [2.24, 2.45) is 0 Å². The Balaban J connectivity index is 2.08. The molecular weight excluding hydrogens is 322 g/mol. The lowest BCUT2D eigenvalue weighted by Crippen LogP contribution is -2.08. The third-order valence-electron chi connectivity index (χ3n) is 4.52. The summed E-state index contributed by atoms with van der Waals surface area (Å²) in [6.45, 7) is 6.67. The van der Waals surface area contributed by atoms with Crippen LogP contribution in [-0.2, 0) is 4.74 Å². The first-order valence-electron chi connectivity index (χ1n) is 9.24. The molecule has 3 rings (SSSR count). The van der Waals surface area contributed by atoms with Gasteiger partial charge in [-0.3, -0.25) is 0 Å². The van der Waals surface area contributed by atoms with Crippen LogP contribution >= 0.6 is 0 Å². The van der Waals surface area contributed by atoms with E-state index in [1.807, 2.05) is 56.3 Å². The number of aryl methyl sites for hydroxylation is 2. The van der Waals surface area contributed by atoms with Crippen LogP contribution in [0.25, 0.3) is 22.2 Å². The summed E-state index contributed by atoms with van der Waals surface area (Å²) in [5.41, 5.74) is 5.43. The number of rotatable bonds is 6. The highest BCUT2D eigenvalue weighted by molar-refractivity contribution is 6.05. The van der Waals surface area contributed by atoms with Crippen LogP contribution in [0.4, 0.5) is 0 Å². The molecule has 1 aromatic heterocycles. The number of pyridine rings is 1. The smallest absolute Gasteiger partial charge is 0.338 e. The summed E-state index contributed by atoms with van der Waals surface area (Å²) in [4.78, 5) is 17.6. The average Bonchev–Trinajstić information content (AvgIpc) is 2.65. The molecule has 3 heteroatoms. The molecule has 0 N–H and O–H groups in total. The number of hydrogen-bond acceptors (Lipinski definition) is 3. The Kier molecular flexibility index (Phi) is 5.67. The SMILES string of the molecule is CCCCCOC(=O)c1cc(-c2ccccc2)nc2c(C)cc(C)cc12. The number of esters is 1. The van der Waals surface area contributed by atoms with Gasteiger partial charge < -0.3 is 4.74 Å². The zero-order valence-corrected chi connectivity index (χ0v) is 15.7. The molecule has 1 heterocycles. The average molecular weight is 347 g/mol. The van der Waals surface area contributed by atoms with Gasteiger partial charge in [0.15, 0.2) is 0 Å². The van der Waals surface area contributed by atoms with Gasteiger partial charge in [-0.2, -0.15) is 0 Å². The van der Waals surface area contributed by atoms with Gasteiger partial charge in [0.05, 0.1) is 23.4 Å². The lowest BCUT2D eigenvalue weighted by molar-refractivity contribution is 0.0500. The van der Waals surface area contributed by atoms with E-state index in [1.54, 1.807) is 0 Å². The highest BCUT2D eigenvalue weighted by atomic mass is 16.5. The van der Waals surface area contributed by atoms with Crippen LogP contribution in [0.15, 0.2) is 48.5 Å². The van der Waals surface area contributed by atoms with E-state index in [1.165, 1.54) is 0 Å². The summed E-state index contributed by atoms with van der Waals surface area (Å²) in [7, 11) is 0. The molecule has 134 valence electrons. The molecule has 0 saturated heterocycles. The second-order valence-electron chi connectivity index (χ2n) is 6.74. The predicted molar refractivity (Wildman–Crippen MR) is 106 cm³/mol. The van der Waals surface area contributed by atoms with Crippen LogP contribution in [0.5, 0.6) is 0 Å². The Morgan fingerprint density at radius 2 is 1.81 bits per heavy atom. The van der Waals surface area contributed by atoms with E-state index in [4.69, 9.17) is 9.72 Å². The van der Waals surface area contributed by atoms with Crippen LogP contribution in [0.1, 0.15) is 47.7 Å². The standard InChI is InChI=1S/C23H25NO2/c1-4-5-9-12-26-23(25)20-15-21(18-10-7-6-8-11-18)24-22-17(3)13-16(2)14-19(20)22/h6-8,10-11,13-15H,4-5,9,12H2,1-3H3. The number of fused-ring (bicyclic) bond motifs is 1. The third-order valence-corrected chi connectivity index (χ3v) is 4.52. The molecule has 0 aliphatic carbocycles. The first kappa shape index (κ1) is 18.1. The van der Waals surface area contributed by atoms with Crippen molar-refractivity contribution in [3.8, 4) is 11.3 Å². The van der Waals surface area contributed by atoms with Crippen molar-refractivity contribution in [1.29, 1.82) is 0 Å². The van der Waals surface area contributed by atoms with Crippen molar-refractivity contribution in [1.82, 2.24) is 4.98 Å². The lowest BCUT2D eigenvalue weighted by Gasteiger charge is -2.12. The summed E-state index contributed by atoms with van der Waals surface area (Å²) in [6, 6.07) is 15.9. The third kappa shape index (κ3) is 3.93. The fourth-order valence-electron chi connectivity index (χ4n) is 3.20. The molecule has 3 nitrogen and oxygen atoms in total. The number of carbonyl (C=O) groups excluding carboxylic acids is 1. The Morgan fingerprint density at radius 3 is 2.54 bits per heavy atom. The van der Waals surface area contributed by atoms with Crippen molar-refractivity contribution in [2.75, 3.05) is 6.61 Å². The van der Waals surface area contributed by atoms with Crippen LogP contribution in [0.2, 0.25) is 0 Å². The van der Waals surface area contributed by atoms with E-state index < -0.39 is 0 Å². The molecular formula is C23H25NO2. The second kappa shape index (κ2) is 8.13. The number of unbranched alkanes of at least 4 members (excludes halogenated alkanes) is 2. The molecule has 0 amide bonds. The summed E-state index contributed by atoms with van der Waals surface area (Å²) >= 11 is 0. The maximum Gasteiger partial charge on any atom is 0.338 e. The highest BCUT2D eigenvalue weighted by Gasteiger charge is 2.16. The Labute approximate surface area is 155 Å². The van der Waals surface area contributed by atoms with Crippen molar-refractivity contribution < 1.29 is 9.53 Å². The van der Waals surface area contributed by atoms with Crippen LogP contribution < -0.4 is 0 Å². The largest absolute Gasteiger partial charge is 0.462 e. The molecule has 3 aromatic rings. The minimum Gasteiger partial charge on any atom is -0.462 e. The van der Waals surface area contributed by atoms with Crippen molar-refractivity contribution >= 4 is 16.9 Å². The predicted octanol–water partition coefficient (Wildman–Crippen LogP) is 5.87. The Morgan fingerprint density at radius 1 is 1.04 bits per heavy atom. The molecule has 26 heavy (non-hydrogen) atoms. The fraction of sp³-hybridized carbons (Fsp3) is 0.304. The number of ether oxygens (including phenoxy) is 1. The molecule has 2 aromatic carbocycles. The van der Waals surface area contributed by atoms with E-state index >= 15 is 0 Å². The van der Waals surface area contributed by atoms with E-state index in [2.05, 4.69) is 13.0 Å². The van der Waals surface area contributed by atoms with E-state index in [0.29, 0.717) is 12.2 Å². The quantitative estimate of drug-likeness (QED) is 0.414. The minimum absolute atomic E-state index is 0.268. The first-order chi connectivity index (χ1) is 12.6. The Hall–Kier alpha value is -2.68. The van der Waals surface area contributed by atoms with Crippen molar-refractivity contribution in [3.05, 3.63) is 65.2 Å². The molecule has 0 fully saturated rings. The molecule has 0 saturated carbocycles. The molecule has 0 bridgehead atoms. The van der Waals surface area contributed by atoms with E-state index in [-0.39, 0.29) is 5.97 Å². The van der Waals surface area contributed by atoms with Crippen LogP contribution in [0, 0.1) is 13.8 Å². The number of hydrogen-bond donors (Lipinski definition) is 0. The van der Waals surface area contributed by atoms with E-state index in [0.717, 1.165) is 52.5 Å². The number of aromatic nitrogens is 1. The van der Waals surface area contributed by atoms with Gasteiger partial charge in [0, 0.05) is 10.9 Å². The second-order valence-corrected chi connectivity index (χ2v) is 6.74. The van der Waals surface area contributed by atoms with Gasteiger partial charge in [-0.25, -0.2) is 9.78 Å². The monoisotopic (exact) mass is 347 g/mol. The van der Waals surface area contributed by atoms with Crippen molar-refractivity contribution in [3.63, 3.8) is 0 Å². The van der Waals surface area contributed by atoms with E-state index in [9.17, 15) is 4.79 Å². The zero-order valence-electron chi connectivity index (χ0n) is 15.7. The topological polar surface area (TPSA) is 39.2 Å². The highest BCUT2D eigenvalue weighted by Crippen LogP contribution is 2.28. The fourth-order valence-corrected chi connectivity index (χ4v) is 3.20. The molecule has 0 spiro atoms. The molecule has 0 unspecified atom stereocenters.